The van der Waals surface area contributed by atoms with Crippen LogP contribution in [0.3, 0.4) is 0 Å². The molecule has 0 bridgehead atoms. The minimum Gasteiger partial charge on any atom is -0.342 e. The fourth-order valence-electron chi connectivity index (χ4n) is 3.09. The van der Waals surface area contributed by atoms with Crippen molar-refractivity contribution < 1.29 is 9.59 Å². The van der Waals surface area contributed by atoms with E-state index in [1.54, 1.807) is 12.1 Å². The second-order valence-corrected chi connectivity index (χ2v) is 9.85. The summed E-state index contributed by atoms with van der Waals surface area (Å²) >= 11 is 16.8. The molecule has 2 amide bonds. The summed E-state index contributed by atoms with van der Waals surface area (Å²) in [4.78, 5) is 25.0. The Hall–Kier alpha value is -2.07. The van der Waals surface area contributed by atoms with Crippen molar-refractivity contribution in [2.24, 2.45) is 0 Å². The summed E-state index contributed by atoms with van der Waals surface area (Å²) < 4.78 is 2.86. The first-order valence-electron chi connectivity index (χ1n) is 10.1. The largest absolute Gasteiger partial charge is 0.342 e. The minimum atomic E-state index is -0.425. The molecule has 1 atom stereocenters. The van der Waals surface area contributed by atoms with E-state index in [0.29, 0.717) is 28.1 Å². The fraction of sp³-hybridized carbons (Fsp3) is 0.273. The molecule has 2 aromatic carbocycles. The van der Waals surface area contributed by atoms with Gasteiger partial charge in [-0.1, -0.05) is 50.9 Å². The van der Waals surface area contributed by atoms with Gasteiger partial charge in [0.15, 0.2) is 11.0 Å². The molecule has 1 heterocycles. The van der Waals surface area contributed by atoms with Gasteiger partial charge < -0.3 is 15.2 Å². The Morgan fingerprint density at radius 2 is 1.94 bits per heavy atom. The summed E-state index contributed by atoms with van der Waals surface area (Å²) in [6.07, 6.45) is 0. The Morgan fingerprint density at radius 1 is 1.18 bits per heavy atom. The third kappa shape index (κ3) is 6.50. The van der Waals surface area contributed by atoms with Crippen LogP contribution in [0.4, 0.5) is 5.69 Å². The van der Waals surface area contributed by atoms with Gasteiger partial charge in [-0.2, -0.15) is 0 Å². The van der Waals surface area contributed by atoms with Crippen LogP contribution in [-0.4, -0.2) is 32.3 Å². The first-order chi connectivity index (χ1) is 15.7. The number of carbonyl (C=O) groups excluding carboxylic acids is 2. The number of nitrogens with zero attached hydrogens (tertiary/aromatic N) is 3. The first-order valence-corrected chi connectivity index (χ1v) is 12.6. The maximum absolute atomic E-state index is 12.6. The summed E-state index contributed by atoms with van der Waals surface area (Å²) in [6.45, 7) is 6.31. The van der Waals surface area contributed by atoms with Crippen LogP contribution in [-0.2, 0) is 11.3 Å². The number of rotatable bonds is 8. The fourth-order valence-corrected chi connectivity index (χ4v) is 4.64. The lowest BCUT2D eigenvalue weighted by atomic mass is 10.2. The SMILES string of the molecule is CCn1c(SCC(=O)Nc2ccc(Br)c(C)c2)nnc1[C@H](C)NC(=O)c1ccc(Cl)cc1Cl. The van der Waals surface area contributed by atoms with Gasteiger partial charge in [0, 0.05) is 21.7 Å². The van der Waals surface area contributed by atoms with Crippen LogP contribution in [0.2, 0.25) is 10.0 Å². The normalized spacial score (nSPS) is 11.8. The van der Waals surface area contributed by atoms with Crippen LogP contribution >= 0.6 is 50.9 Å². The smallest absolute Gasteiger partial charge is 0.253 e. The number of thioether (sulfide) groups is 1. The topological polar surface area (TPSA) is 88.9 Å². The summed E-state index contributed by atoms with van der Waals surface area (Å²) in [5, 5.41) is 15.5. The number of amides is 2. The average molecular weight is 571 g/mol. The molecule has 0 aliphatic heterocycles. The second kappa shape index (κ2) is 11.4. The van der Waals surface area contributed by atoms with Crippen molar-refractivity contribution >= 4 is 68.4 Å². The Kier molecular flexibility index (Phi) is 8.81. The van der Waals surface area contributed by atoms with Crippen molar-refractivity contribution in [2.75, 3.05) is 11.1 Å². The maximum Gasteiger partial charge on any atom is 0.253 e. The Balaban J connectivity index is 1.64. The highest BCUT2D eigenvalue weighted by atomic mass is 79.9. The van der Waals surface area contributed by atoms with Gasteiger partial charge in [0.05, 0.1) is 22.4 Å². The minimum absolute atomic E-state index is 0.146. The number of halogens is 3. The number of nitrogens with one attached hydrogen (secondary N) is 2. The molecule has 0 saturated carbocycles. The van der Waals surface area contributed by atoms with Gasteiger partial charge in [0.1, 0.15) is 0 Å². The quantitative estimate of drug-likeness (QED) is 0.329. The van der Waals surface area contributed by atoms with Crippen LogP contribution in [0, 0.1) is 6.92 Å². The molecule has 3 aromatic rings. The molecule has 0 radical (unpaired) electrons. The lowest BCUT2D eigenvalue weighted by molar-refractivity contribution is -0.113. The van der Waals surface area contributed by atoms with Gasteiger partial charge in [-0.25, -0.2) is 0 Å². The molecular weight excluding hydrogens is 549 g/mol. The first kappa shape index (κ1) is 25.6. The highest BCUT2D eigenvalue weighted by molar-refractivity contribution is 9.10. The van der Waals surface area contributed by atoms with Gasteiger partial charge >= 0.3 is 0 Å². The molecule has 0 aliphatic carbocycles. The molecule has 2 N–H and O–H groups in total. The van der Waals surface area contributed by atoms with Crippen LogP contribution < -0.4 is 10.6 Å². The highest BCUT2D eigenvalue weighted by Crippen LogP contribution is 2.24. The van der Waals surface area contributed by atoms with E-state index in [-0.39, 0.29) is 22.6 Å². The molecule has 0 aliphatic rings. The second-order valence-electron chi connectivity index (χ2n) is 7.21. The summed E-state index contributed by atoms with van der Waals surface area (Å²) in [6, 6.07) is 9.91. The van der Waals surface area contributed by atoms with Gasteiger partial charge in [-0.05, 0) is 62.7 Å². The molecule has 7 nitrogen and oxygen atoms in total. The van der Waals surface area contributed by atoms with E-state index in [1.165, 1.54) is 17.8 Å². The molecule has 11 heteroatoms. The molecule has 0 unspecified atom stereocenters. The van der Waals surface area contributed by atoms with Crippen molar-refractivity contribution in [3.05, 3.63) is 67.9 Å². The predicted molar refractivity (Wildman–Crippen MR) is 136 cm³/mol. The van der Waals surface area contributed by atoms with E-state index in [0.717, 1.165) is 15.7 Å². The van der Waals surface area contributed by atoms with E-state index < -0.39 is 6.04 Å². The lowest BCUT2D eigenvalue weighted by Gasteiger charge is -2.15. The zero-order valence-corrected chi connectivity index (χ0v) is 22.1. The molecule has 1 aromatic heterocycles. The predicted octanol–water partition coefficient (Wildman–Crippen LogP) is 5.90. The zero-order valence-electron chi connectivity index (χ0n) is 18.2. The van der Waals surface area contributed by atoms with E-state index in [2.05, 4.69) is 36.8 Å². The Bertz CT molecular complexity index is 1190. The monoisotopic (exact) mass is 569 g/mol. The molecule has 33 heavy (non-hydrogen) atoms. The number of benzene rings is 2. The molecule has 174 valence electrons. The van der Waals surface area contributed by atoms with Crippen LogP contribution in [0.25, 0.3) is 0 Å². The molecular formula is C22H22BrCl2N5O2S. The van der Waals surface area contributed by atoms with E-state index in [9.17, 15) is 9.59 Å². The summed E-state index contributed by atoms with van der Waals surface area (Å²) in [5.74, 6) is 0.275. The lowest BCUT2D eigenvalue weighted by Crippen LogP contribution is -2.29. The molecule has 0 fully saturated rings. The van der Waals surface area contributed by atoms with Crippen molar-refractivity contribution in [3.8, 4) is 0 Å². The van der Waals surface area contributed by atoms with Crippen LogP contribution in [0.15, 0.2) is 46.0 Å². The van der Waals surface area contributed by atoms with Gasteiger partial charge in [-0.3, -0.25) is 9.59 Å². The van der Waals surface area contributed by atoms with Crippen molar-refractivity contribution in [3.63, 3.8) is 0 Å². The molecule has 3 rings (SSSR count). The average Bonchev–Trinajstić information content (AvgIpc) is 3.18. The van der Waals surface area contributed by atoms with E-state index in [4.69, 9.17) is 23.2 Å². The number of anilines is 1. The number of carbonyl (C=O) groups is 2. The van der Waals surface area contributed by atoms with E-state index >= 15 is 0 Å². The van der Waals surface area contributed by atoms with E-state index in [1.807, 2.05) is 43.5 Å². The standard InChI is InChI=1S/C22H22BrCl2N5O2S/c1-4-30-20(13(3)26-21(32)16-7-5-14(24)10-18(16)25)28-29-22(30)33-11-19(31)27-15-6-8-17(23)12(2)9-15/h5-10,13H,4,11H2,1-3H3,(H,26,32)(H,27,31)/t13-/m0/s1. The Labute approximate surface area is 214 Å². The summed E-state index contributed by atoms with van der Waals surface area (Å²) in [7, 11) is 0. The molecule has 0 spiro atoms. The number of aromatic nitrogens is 3. The third-order valence-electron chi connectivity index (χ3n) is 4.75. The molecule has 0 saturated heterocycles. The highest BCUT2D eigenvalue weighted by Gasteiger charge is 2.21. The van der Waals surface area contributed by atoms with Gasteiger partial charge in [0.25, 0.3) is 5.91 Å². The van der Waals surface area contributed by atoms with Gasteiger partial charge in [-0.15, -0.1) is 10.2 Å². The van der Waals surface area contributed by atoms with Crippen molar-refractivity contribution in [1.29, 1.82) is 0 Å². The third-order valence-corrected chi connectivity index (χ3v) is 7.15. The Morgan fingerprint density at radius 3 is 2.61 bits per heavy atom. The van der Waals surface area contributed by atoms with Crippen molar-refractivity contribution in [1.82, 2.24) is 20.1 Å². The van der Waals surface area contributed by atoms with Gasteiger partial charge in [0.2, 0.25) is 5.91 Å². The van der Waals surface area contributed by atoms with Crippen LogP contribution in [0.1, 0.15) is 41.6 Å². The van der Waals surface area contributed by atoms with Crippen molar-refractivity contribution in [2.45, 2.75) is 38.5 Å². The summed E-state index contributed by atoms with van der Waals surface area (Å²) in [5.41, 5.74) is 2.09. The number of hydrogen-bond acceptors (Lipinski definition) is 5. The zero-order chi connectivity index (χ0) is 24.1. The number of hydrogen-bond donors (Lipinski definition) is 2. The van der Waals surface area contributed by atoms with Crippen LogP contribution in [0.5, 0.6) is 0 Å². The number of aryl methyl sites for hydroxylation is 1. The maximum atomic E-state index is 12.6.